The fourth-order valence-corrected chi connectivity index (χ4v) is 2.40. The maximum absolute atomic E-state index is 13.0. The number of nitrogens with one attached hydrogen (secondary N) is 1. The molecule has 0 saturated heterocycles. The minimum atomic E-state index is -0.398. The Hall–Kier alpha value is -2.14. The maximum Gasteiger partial charge on any atom is 0.276 e. The van der Waals surface area contributed by atoms with Crippen LogP contribution in [0.2, 0.25) is 5.02 Å². The van der Waals surface area contributed by atoms with E-state index < -0.39 is 5.82 Å². The molecule has 0 aliphatic heterocycles. The van der Waals surface area contributed by atoms with Crippen LogP contribution in [0.4, 0.5) is 4.39 Å². The molecule has 0 bridgehead atoms. The number of fused-ring (bicyclic) bond motifs is 1. The number of rotatable bonds is 2. The van der Waals surface area contributed by atoms with Gasteiger partial charge in [-0.2, -0.15) is 0 Å². The third-order valence-electron chi connectivity index (χ3n) is 3.23. The van der Waals surface area contributed by atoms with Crippen LogP contribution >= 0.6 is 11.6 Å². The summed E-state index contributed by atoms with van der Waals surface area (Å²) in [6.45, 7) is 1.78. The Kier molecular flexibility index (Phi) is 3.06. The Morgan fingerprint density at radius 1 is 1.40 bits per heavy atom. The van der Waals surface area contributed by atoms with E-state index in [1.54, 1.807) is 25.3 Å². The van der Waals surface area contributed by atoms with Crippen molar-refractivity contribution in [2.45, 2.75) is 13.3 Å². The molecule has 1 aromatic carbocycles. The third-order valence-corrected chi connectivity index (χ3v) is 3.58. The van der Waals surface area contributed by atoms with Gasteiger partial charge in [0, 0.05) is 35.0 Å². The minimum Gasteiger partial charge on any atom is -0.297 e. The second-order valence-corrected chi connectivity index (χ2v) is 4.96. The highest BCUT2D eigenvalue weighted by molar-refractivity contribution is 6.31. The summed E-state index contributed by atoms with van der Waals surface area (Å²) in [5.41, 5.74) is 2.29. The first-order chi connectivity index (χ1) is 9.56. The second kappa shape index (κ2) is 4.76. The molecule has 0 spiro atoms. The van der Waals surface area contributed by atoms with Crippen molar-refractivity contribution in [2.75, 3.05) is 0 Å². The van der Waals surface area contributed by atoms with Gasteiger partial charge in [-0.15, -0.1) is 0 Å². The summed E-state index contributed by atoms with van der Waals surface area (Å²) in [5.74, 6) is -0.398. The normalized spacial score (nSPS) is 11.2. The van der Waals surface area contributed by atoms with Gasteiger partial charge >= 0.3 is 0 Å². The molecular formula is C14H11ClFN3O. The largest absolute Gasteiger partial charge is 0.297 e. The highest BCUT2D eigenvalue weighted by Crippen LogP contribution is 2.20. The lowest BCUT2D eigenvalue weighted by atomic mass is 10.0. The van der Waals surface area contributed by atoms with Gasteiger partial charge in [-0.05, 0) is 24.6 Å². The molecule has 2 heterocycles. The predicted molar refractivity (Wildman–Crippen MR) is 74.8 cm³/mol. The second-order valence-electron chi connectivity index (χ2n) is 4.55. The van der Waals surface area contributed by atoms with Crippen molar-refractivity contribution in [3.05, 3.63) is 68.5 Å². The molecule has 4 nitrogen and oxygen atoms in total. The fraction of sp³-hybridized carbons (Fsp3) is 0.143. The minimum absolute atomic E-state index is 0.169. The molecule has 3 rings (SSSR count). The van der Waals surface area contributed by atoms with E-state index in [4.69, 9.17) is 11.6 Å². The van der Waals surface area contributed by atoms with E-state index >= 15 is 0 Å². The molecule has 0 aliphatic carbocycles. The van der Waals surface area contributed by atoms with Crippen molar-refractivity contribution in [1.29, 1.82) is 0 Å². The van der Waals surface area contributed by atoms with Gasteiger partial charge in [-0.1, -0.05) is 17.7 Å². The number of H-pyrrole nitrogens is 1. The van der Waals surface area contributed by atoms with Crippen molar-refractivity contribution in [3.63, 3.8) is 0 Å². The predicted octanol–water partition coefficient (Wildman–Crippen LogP) is 2.71. The van der Waals surface area contributed by atoms with Crippen molar-refractivity contribution >= 4 is 17.2 Å². The zero-order valence-electron chi connectivity index (χ0n) is 10.7. The number of aromatic nitrogens is 3. The standard InChI is InChI=1S/C14H11ClFN3O/c1-8-11(6-9-2-3-10(16)7-12(9)15)14(20)19-13(18-8)4-5-17-19/h2-5,7,17H,6H2,1H3. The zero-order valence-corrected chi connectivity index (χ0v) is 11.4. The topological polar surface area (TPSA) is 50.2 Å². The number of nitrogens with zero attached hydrogens (tertiary/aromatic N) is 2. The molecule has 0 amide bonds. The molecule has 0 unspecified atom stereocenters. The lowest BCUT2D eigenvalue weighted by Gasteiger charge is -2.07. The van der Waals surface area contributed by atoms with Gasteiger partial charge in [0.15, 0.2) is 5.65 Å². The van der Waals surface area contributed by atoms with E-state index in [2.05, 4.69) is 10.1 Å². The molecule has 6 heteroatoms. The van der Waals surface area contributed by atoms with E-state index in [0.717, 1.165) is 0 Å². The van der Waals surface area contributed by atoms with Crippen molar-refractivity contribution in [3.8, 4) is 0 Å². The van der Waals surface area contributed by atoms with Crippen LogP contribution in [-0.2, 0) is 6.42 Å². The maximum atomic E-state index is 13.0. The first-order valence-electron chi connectivity index (χ1n) is 6.06. The van der Waals surface area contributed by atoms with Gasteiger partial charge in [0.05, 0.1) is 0 Å². The monoisotopic (exact) mass is 291 g/mol. The van der Waals surface area contributed by atoms with Gasteiger partial charge in [-0.3, -0.25) is 9.89 Å². The summed E-state index contributed by atoms with van der Waals surface area (Å²) in [6.07, 6.45) is 1.97. The first-order valence-corrected chi connectivity index (χ1v) is 6.43. The summed E-state index contributed by atoms with van der Waals surface area (Å²) < 4.78 is 14.4. The van der Waals surface area contributed by atoms with Crippen molar-refractivity contribution in [1.82, 2.24) is 14.6 Å². The summed E-state index contributed by atoms with van der Waals surface area (Å²) in [4.78, 5) is 16.7. The van der Waals surface area contributed by atoms with E-state index in [0.29, 0.717) is 33.9 Å². The van der Waals surface area contributed by atoms with Crippen LogP contribution in [0.1, 0.15) is 16.8 Å². The Morgan fingerprint density at radius 3 is 2.95 bits per heavy atom. The van der Waals surface area contributed by atoms with E-state index in [1.165, 1.54) is 16.6 Å². The van der Waals surface area contributed by atoms with Gasteiger partial charge in [0.2, 0.25) is 0 Å². The fourth-order valence-electron chi connectivity index (χ4n) is 2.16. The van der Waals surface area contributed by atoms with Crippen LogP contribution in [0.25, 0.3) is 5.65 Å². The smallest absolute Gasteiger partial charge is 0.276 e. The van der Waals surface area contributed by atoms with Crippen LogP contribution in [0.5, 0.6) is 0 Å². The highest BCUT2D eigenvalue weighted by Gasteiger charge is 2.13. The van der Waals surface area contributed by atoms with Gasteiger partial charge < -0.3 is 0 Å². The summed E-state index contributed by atoms with van der Waals surface area (Å²) >= 11 is 6.00. The number of hydrogen-bond donors (Lipinski definition) is 1. The number of benzene rings is 1. The molecule has 0 radical (unpaired) electrons. The molecule has 0 fully saturated rings. The first kappa shape index (κ1) is 12.9. The summed E-state index contributed by atoms with van der Waals surface area (Å²) in [5, 5.41) is 3.12. The van der Waals surface area contributed by atoms with E-state index in [-0.39, 0.29) is 5.56 Å². The Bertz CT molecular complexity index is 853. The van der Waals surface area contributed by atoms with Crippen LogP contribution in [0.3, 0.4) is 0 Å². The van der Waals surface area contributed by atoms with Crippen LogP contribution < -0.4 is 5.56 Å². The lowest BCUT2D eigenvalue weighted by Crippen LogP contribution is -2.22. The number of aryl methyl sites for hydroxylation is 1. The number of aromatic amines is 1. The molecule has 2 aromatic heterocycles. The Balaban J connectivity index is 2.12. The van der Waals surface area contributed by atoms with Crippen molar-refractivity contribution in [2.24, 2.45) is 0 Å². The van der Waals surface area contributed by atoms with Gasteiger partial charge in [0.1, 0.15) is 5.82 Å². The molecular weight excluding hydrogens is 281 g/mol. The molecule has 0 saturated carbocycles. The zero-order chi connectivity index (χ0) is 14.3. The average molecular weight is 292 g/mol. The number of halogens is 2. The summed E-state index contributed by atoms with van der Waals surface area (Å²) in [7, 11) is 0. The summed E-state index contributed by atoms with van der Waals surface area (Å²) in [6, 6.07) is 5.88. The van der Waals surface area contributed by atoms with E-state index in [1.807, 2.05) is 0 Å². The Morgan fingerprint density at radius 2 is 2.20 bits per heavy atom. The third kappa shape index (κ3) is 2.10. The molecule has 0 atom stereocenters. The van der Waals surface area contributed by atoms with Crippen LogP contribution in [-0.4, -0.2) is 14.6 Å². The molecule has 0 aliphatic rings. The lowest BCUT2D eigenvalue weighted by molar-refractivity contribution is 0.627. The quantitative estimate of drug-likeness (QED) is 0.789. The van der Waals surface area contributed by atoms with Gasteiger partial charge in [-0.25, -0.2) is 13.9 Å². The van der Waals surface area contributed by atoms with Crippen LogP contribution in [0, 0.1) is 12.7 Å². The SMILES string of the molecule is Cc1nc2cc[nH]n2c(=O)c1Cc1ccc(F)cc1Cl. The number of hydrogen-bond acceptors (Lipinski definition) is 2. The highest BCUT2D eigenvalue weighted by atomic mass is 35.5. The van der Waals surface area contributed by atoms with Gasteiger partial charge in [0.25, 0.3) is 5.56 Å². The van der Waals surface area contributed by atoms with Crippen molar-refractivity contribution < 1.29 is 4.39 Å². The molecule has 102 valence electrons. The Labute approximate surface area is 118 Å². The average Bonchev–Trinajstić information content (AvgIpc) is 2.85. The van der Waals surface area contributed by atoms with E-state index in [9.17, 15) is 9.18 Å². The molecule has 1 N–H and O–H groups in total. The molecule has 3 aromatic rings. The molecule has 20 heavy (non-hydrogen) atoms. The van der Waals surface area contributed by atoms with Crippen LogP contribution in [0.15, 0.2) is 35.3 Å².